The van der Waals surface area contributed by atoms with Gasteiger partial charge in [-0.1, -0.05) is 30.3 Å². The molecule has 0 heterocycles. The molecular weight excluding hydrogens is 202 g/mol. The van der Waals surface area contributed by atoms with E-state index in [-0.39, 0.29) is 5.82 Å². The van der Waals surface area contributed by atoms with Crippen molar-refractivity contribution >= 4 is 11.4 Å². The normalized spacial score (nSPS) is 11.5. The first-order chi connectivity index (χ1) is 7.75. The molecule has 0 N–H and O–H groups in total. The summed E-state index contributed by atoms with van der Waals surface area (Å²) >= 11 is 0. The Balaban J connectivity index is 2.28. The molecular formula is C14H12FN. The topological polar surface area (TPSA) is 12.4 Å². The summed E-state index contributed by atoms with van der Waals surface area (Å²) in [6.45, 7) is 1.92. The van der Waals surface area contributed by atoms with Gasteiger partial charge in [-0.05, 0) is 36.8 Å². The Morgan fingerprint density at radius 2 is 1.56 bits per heavy atom. The zero-order valence-electron chi connectivity index (χ0n) is 9.02. The molecule has 2 aromatic rings. The number of rotatable bonds is 2. The predicted octanol–water partition coefficient (Wildman–Crippen LogP) is 3.97. The zero-order chi connectivity index (χ0) is 11.4. The fourth-order valence-corrected chi connectivity index (χ4v) is 1.45. The second kappa shape index (κ2) is 4.71. The summed E-state index contributed by atoms with van der Waals surface area (Å²) in [5.74, 6) is -0.226. The minimum Gasteiger partial charge on any atom is -0.253 e. The van der Waals surface area contributed by atoms with Crippen LogP contribution in [-0.4, -0.2) is 5.71 Å². The maximum Gasteiger partial charge on any atom is 0.123 e. The molecule has 0 aliphatic carbocycles. The van der Waals surface area contributed by atoms with Crippen LogP contribution in [0.15, 0.2) is 59.6 Å². The van der Waals surface area contributed by atoms with Gasteiger partial charge in [0.1, 0.15) is 5.82 Å². The minimum atomic E-state index is -0.226. The van der Waals surface area contributed by atoms with Gasteiger partial charge in [0.05, 0.1) is 5.69 Å². The lowest BCUT2D eigenvalue weighted by atomic mass is 10.1. The number of hydrogen-bond acceptors (Lipinski definition) is 1. The molecule has 0 amide bonds. The van der Waals surface area contributed by atoms with Gasteiger partial charge in [0, 0.05) is 5.71 Å². The maximum atomic E-state index is 12.7. The molecule has 0 aliphatic rings. The van der Waals surface area contributed by atoms with Gasteiger partial charge in [-0.3, -0.25) is 4.99 Å². The third kappa shape index (κ3) is 2.54. The van der Waals surface area contributed by atoms with Crippen molar-refractivity contribution in [3.05, 3.63) is 66.0 Å². The van der Waals surface area contributed by atoms with E-state index in [1.54, 1.807) is 12.1 Å². The van der Waals surface area contributed by atoms with Crippen molar-refractivity contribution in [1.82, 2.24) is 0 Å². The maximum absolute atomic E-state index is 12.7. The lowest BCUT2D eigenvalue weighted by molar-refractivity contribution is 0.628. The first-order valence-corrected chi connectivity index (χ1v) is 5.12. The van der Waals surface area contributed by atoms with Crippen LogP contribution in [-0.2, 0) is 0 Å². The van der Waals surface area contributed by atoms with E-state index in [0.717, 1.165) is 17.0 Å². The number of aliphatic imine (C=N–C) groups is 1. The molecule has 0 saturated carbocycles. The lowest BCUT2D eigenvalue weighted by Gasteiger charge is -2.00. The van der Waals surface area contributed by atoms with Crippen molar-refractivity contribution in [2.45, 2.75) is 6.92 Å². The molecule has 0 aliphatic heterocycles. The molecule has 0 aromatic heterocycles. The second-order valence-corrected chi connectivity index (χ2v) is 3.54. The number of para-hydroxylation sites is 1. The average Bonchev–Trinajstić information content (AvgIpc) is 2.31. The van der Waals surface area contributed by atoms with E-state index in [2.05, 4.69) is 4.99 Å². The molecule has 2 aromatic carbocycles. The van der Waals surface area contributed by atoms with Crippen LogP contribution in [0.3, 0.4) is 0 Å². The molecule has 1 nitrogen and oxygen atoms in total. The summed E-state index contributed by atoms with van der Waals surface area (Å²) in [4.78, 5) is 4.45. The monoisotopic (exact) mass is 214 g/mol. The summed E-state index contributed by atoms with van der Waals surface area (Å²) in [6, 6.07) is 16.1. The van der Waals surface area contributed by atoms with Crippen LogP contribution in [0, 0.1) is 5.82 Å². The van der Waals surface area contributed by atoms with Crippen LogP contribution in [0.25, 0.3) is 0 Å². The van der Waals surface area contributed by atoms with Crippen LogP contribution >= 0.6 is 0 Å². The Kier molecular flexibility index (Phi) is 3.10. The van der Waals surface area contributed by atoms with E-state index < -0.39 is 0 Å². The molecule has 80 valence electrons. The van der Waals surface area contributed by atoms with Crippen LogP contribution in [0.4, 0.5) is 10.1 Å². The van der Waals surface area contributed by atoms with Gasteiger partial charge in [0.15, 0.2) is 0 Å². The molecule has 0 spiro atoms. The quantitative estimate of drug-likeness (QED) is 0.530. The van der Waals surface area contributed by atoms with Crippen molar-refractivity contribution in [2.24, 2.45) is 4.99 Å². The molecule has 2 heteroatoms. The molecule has 0 bridgehead atoms. The van der Waals surface area contributed by atoms with Crippen molar-refractivity contribution < 1.29 is 4.39 Å². The first-order valence-electron chi connectivity index (χ1n) is 5.12. The fourth-order valence-electron chi connectivity index (χ4n) is 1.45. The van der Waals surface area contributed by atoms with Gasteiger partial charge in [-0.2, -0.15) is 0 Å². The third-order valence-corrected chi connectivity index (χ3v) is 2.31. The molecule has 0 fully saturated rings. The van der Waals surface area contributed by atoms with Crippen LogP contribution in [0.5, 0.6) is 0 Å². The van der Waals surface area contributed by atoms with E-state index in [9.17, 15) is 4.39 Å². The second-order valence-electron chi connectivity index (χ2n) is 3.54. The van der Waals surface area contributed by atoms with E-state index in [4.69, 9.17) is 0 Å². The van der Waals surface area contributed by atoms with Crippen LogP contribution in [0.2, 0.25) is 0 Å². The zero-order valence-corrected chi connectivity index (χ0v) is 9.02. The van der Waals surface area contributed by atoms with Crippen molar-refractivity contribution in [3.8, 4) is 0 Å². The van der Waals surface area contributed by atoms with E-state index >= 15 is 0 Å². The first kappa shape index (κ1) is 10.6. The smallest absolute Gasteiger partial charge is 0.123 e. The molecule has 0 atom stereocenters. The summed E-state index contributed by atoms with van der Waals surface area (Å²) in [5, 5.41) is 0. The minimum absolute atomic E-state index is 0.226. The summed E-state index contributed by atoms with van der Waals surface area (Å²) in [7, 11) is 0. The average molecular weight is 214 g/mol. The Hall–Kier alpha value is -1.96. The largest absolute Gasteiger partial charge is 0.253 e. The van der Waals surface area contributed by atoms with Gasteiger partial charge >= 0.3 is 0 Å². The van der Waals surface area contributed by atoms with Gasteiger partial charge < -0.3 is 0 Å². The highest BCUT2D eigenvalue weighted by atomic mass is 19.1. The number of benzene rings is 2. The summed E-state index contributed by atoms with van der Waals surface area (Å²) in [5.41, 5.74) is 2.72. The number of halogens is 1. The number of nitrogens with zero attached hydrogens (tertiary/aromatic N) is 1. The Labute approximate surface area is 94.3 Å². The SMILES string of the molecule is CC(=[15N]c1ccccc1)c1ccc(F)cc1. The lowest BCUT2D eigenvalue weighted by Crippen LogP contribution is -1.93. The Bertz CT molecular complexity index is 486. The molecule has 2 rings (SSSR count). The highest BCUT2D eigenvalue weighted by molar-refractivity contribution is 6.00. The molecule has 0 saturated heterocycles. The van der Waals surface area contributed by atoms with Crippen LogP contribution in [0.1, 0.15) is 12.5 Å². The van der Waals surface area contributed by atoms with Gasteiger partial charge in [-0.15, -0.1) is 0 Å². The Morgan fingerprint density at radius 1 is 0.938 bits per heavy atom. The van der Waals surface area contributed by atoms with Gasteiger partial charge in [-0.25, -0.2) is 4.39 Å². The third-order valence-electron chi connectivity index (χ3n) is 2.31. The standard InChI is InChI=1S/C14H12FN/c1-11(12-7-9-13(15)10-8-12)16-14-5-3-2-4-6-14/h2-10H,1H3/i16+1. The van der Waals surface area contributed by atoms with E-state index in [0.29, 0.717) is 0 Å². The summed E-state index contributed by atoms with van der Waals surface area (Å²) < 4.78 is 12.7. The van der Waals surface area contributed by atoms with Crippen molar-refractivity contribution in [2.75, 3.05) is 0 Å². The molecule has 16 heavy (non-hydrogen) atoms. The van der Waals surface area contributed by atoms with Gasteiger partial charge in [0.2, 0.25) is 0 Å². The van der Waals surface area contributed by atoms with Gasteiger partial charge in [0.25, 0.3) is 0 Å². The predicted molar refractivity (Wildman–Crippen MR) is 64.7 cm³/mol. The van der Waals surface area contributed by atoms with Crippen molar-refractivity contribution in [1.29, 1.82) is 0 Å². The van der Waals surface area contributed by atoms with Crippen LogP contribution < -0.4 is 0 Å². The number of hydrogen-bond donors (Lipinski definition) is 0. The Morgan fingerprint density at radius 3 is 2.19 bits per heavy atom. The molecule has 0 radical (unpaired) electrons. The van der Waals surface area contributed by atoms with Crippen molar-refractivity contribution in [3.63, 3.8) is 0 Å². The van der Waals surface area contributed by atoms with E-state index in [1.165, 1.54) is 12.1 Å². The van der Waals surface area contributed by atoms with E-state index in [1.807, 2.05) is 37.3 Å². The fraction of sp³-hybridized carbons (Fsp3) is 0.0714. The highest BCUT2D eigenvalue weighted by Crippen LogP contribution is 2.13. The highest BCUT2D eigenvalue weighted by Gasteiger charge is 1.97. The molecule has 0 unspecified atom stereocenters. The summed E-state index contributed by atoms with van der Waals surface area (Å²) in [6.07, 6.45) is 0.